The summed E-state index contributed by atoms with van der Waals surface area (Å²) in [4.78, 5) is 0. The lowest BCUT2D eigenvalue weighted by Gasteiger charge is -2.70. The Hall–Kier alpha value is -0.520. The maximum atomic E-state index is 4.56. The van der Waals surface area contributed by atoms with Gasteiger partial charge in [-0.2, -0.15) is 0 Å². The predicted molar refractivity (Wildman–Crippen MR) is 180 cm³/mol. The third-order valence-corrected chi connectivity index (χ3v) is 15.6. The van der Waals surface area contributed by atoms with Crippen molar-refractivity contribution in [2.75, 3.05) is 0 Å². The van der Waals surface area contributed by atoms with Gasteiger partial charge < -0.3 is 0 Å². The molecule has 0 heterocycles. The topological polar surface area (TPSA) is 0 Å². The van der Waals surface area contributed by atoms with Crippen LogP contribution in [0.25, 0.3) is 0 Å². The average molecular weight is 563 g/mol. The normalized spacial score (nSPS) is 44.8. The highest BCUT2D eigenvalue weighted by atomic mass is 14.7. The minimum absolute atomic E-state index is 0.447. The molecule has 5 fully saturated rings. The van der Waals surface area contributed by atoms with Gasteiger partial charge in [-0.1, -0.05) is 85.6 Å². The Balaban J connectivity index is 1.33. The molecule has 0 nitrogen and oxygen atoms in total. The minimum atomic E-state index is 0.447. The smallest absolute Gasteiger partial charge is 0.0259 e. The van der Waals surface area contributed by atoms with Crippen molar-refractivity contribution >= 4 is 0 Å². The summed E-state index contributed by atoms with van der Waals surface area (Å²) in [6, 6.07) is 0. The summed E-state index contributed by atoms with van der Waals surface area (Å²) in [6.45, 7) is 27.4. The Morgan fingerprint density at radius 1 is 0.683 bits per heavy atom. The van der Waals surface area contributed by atoms with Crippen molar-refractivity contribution in [2.24, 2.45) is 63.1 Å². The molecule has 0 saturated heterocycles. The molecule has 0 aromatic rings. The monoisotopic (exact) mass is 563 g/mol. The second-order valence-corrected chi connectivity index (χ2v) is 17.9. The van der Waals surface area contributed by atoms with Gasteiger partial charge in [-0.25, -0.2) is 0 Å². The van der Waals surface area contributed by atoms with Gasteiger partial charge in [0, 0.05) is 0 Å². The molecule has 234 valence electrons. The summed E-state index contributed by atoms with van der Waals surface area (Å²) in [5.41, 5.74) is 5.29. The largest absolute Gasteiger partial charge is 0.0999 e. The van der Waals surface area contributed by atoms with Crippen LogP contribution in [0.3, 0.4) is 0 Å². The van der Waals surface area contributed by atoms with E-state index in [1.165, 1.54) is 116 Å². The number of hydrogen-bond donors (Lipinski definition) is 0. The number of fused-ring (bicyclic) bond motifs is 7. The van der Waals surface area contributed by atoms with E-state index in [0.717, 1.165) is 41.4 Å². The average Bonchev–Trinajstić information content (AvgIpc) is 3.27. The highest BCUT2D eigenvalue weighted by Gasteiger charge is 2.66. The maximum absolute atomic E-state index is 4.56. The lowest BCUT2D eigenvalue weighted by molar-refractivity contribution is -0.208. The van der Waals surface area contributed by atoms with Crippen LogP contribution in [0.1, 0.15) is 170 Å². The molecular formula is C41H70. The number of rotatable bonds is 11. The SMILES string of the molecule is C=C(CCCC)CCC12CCC(C)C1C1CCC3C(C)(CCC4C(C)(C)C(CC(=C)CCCC)CCC43C)C1CC2. The molecule has 0 radical (unpaired) electrons. The number of unbranched alkanes of at least 4 members (excludes halogenated alkanes) is 2. The van der Waals surface area contributed by atoms with Crippen LogP contribution in [-0.2, 0) is 0 Å². The van der Waals surface area contributed by atoms with Gasteiger partial charge in [0.15, 0.2) is 0 Å². The van der Waals surface area contributed by atoms with E-state index in [0.29, 0.717) is 21.7 Å². The van der Waals surface area contributed by atoms with Gasteiger partial charge in [-0.3, -0.25) is 0 Å². The molecule has 0 amide bonds. The molecule has 0 bridgehead atoms. The van der Waals surface area contributed by atoms with E-state index in [2.05, 4.69) is 61.6 Å². The van der Waals surface area contributed by atoms with Crippen LogP contribution >= 0.6 is 0 Å². The molecule has 5 aliphatic carbocycles. The van der Waals surface area contributed by atoms with Crippen LogP contribution in [0.5, 0.6) is 0 Å². The Bertz CT molecular complexity index is 938. The fourth-order valence-corrected chi connectivity index (χ4v) is 13.5. The first-order valence-corrected chi connectivity index (χ1v) is 18.8. The molecule has 0 spiro atoms. The summed E-state index contributed by atoms with van der Waals surface area (Å²) in [6.07, 6.45) is 26.9. The fraction of sp³-hybridized carbons (Fsp3) is 0.902. The quantitative estimate of drug-likeness (QED) is 0.220. The van der Waals surface area contributed by atoms with Crippen LogP contribution < -0.4 is 0 Å². The molecule has 5 saturated carbocycles. The lowest BCUT2D eigenvalue weighted by Crippen LogP contribution is -2.62. The lowest BCUT2D eigenvalue weighted by atomic mass is 9.35. The van der Waals surface area contributed by atoms with Crippen LogP contribution in [0.2, 0.25) is 0 Å². The Morgan fingerprint density at radius 3 is 2.05 bits per heavy atom. The van der Waals surface area contributed by atoms with E-state index < -0.39 is 0 Å². The van der Waals surface area contributed by atoms with E-state index in [1.54, 1.807) is 17.6 Å². The molecule has 10 unspecified atom stereocenters. The van der Waals surface area contributed by atoms with E-state index in [-0.39, 0.29) is 0 Å². The van der Waals surface area contributed by atoms with Crippen molar-refractivity contribution in [1.29, 1.82) is 0 Å². The molecular weight excluding hydrogens is 492 g/mol. The van der Waals surface area contributed by atoms with Crippen molar-refractivity contribution < 1.29 is 0 Å². The molecule has 0 aliphatic heterocycles. The van der Waals surface area contributed by atoms with Gasteiger partial charge in [0.1, 0.15) is 0 Å². The molecule has 0 aromatic carbocycles. The standard InChI is InChI=1S/C41H70/c1-10-12-14-29(3)18-25-41-26-19-31(5)37(41)33-16-17-36-39(8,34(33)21-27-41)24-22-35-38(6,7)32(20-23-40(35,36)9)28-30(4)15-13-11-2/h31-37H,3-4,10-28H2,1-2,5-9H3. The van der Waals surface area contributed by atoms with Gasteiger partial charge in [0.2, 0.25) is 0 Å². The fourth-order valence-electron chi connectivity index (χ4n) is 13.5. The van der Waals surface area contributed by atoms with Crippen molar-refractivity contribution in [3.05, 3.63) is 24.3 Å². The maximum Gasteiger partial charge on any atom is -0.0259 e. The molecule has 5 aliphatic rings. The Labute approximate surface area is 257 Å². The van der Waals surface area contributed by atoms with E-state index in [1.807, 2.05) is 0 Å². The van der Waals surface area contributed by atoms with Gasteiger partial charge in [0.05, 0.1) is 0 Å². The van der Waals surface area contributed by atoms with Crippen molar-refractivity contribution in [2.45, 2.75) is 170 Å². The zero-order valence-electron chi connectivity index (χ0n) is 28.9. The Morgan fingerprint density at radius 2 is 1.34 bits per heavy atom. The number of hydrogen-bond acceptors (Lipinski definition) is 0. The van der Waals surface area contributed by atoms with Gasteiger partial charge in [-0.05, 0) is 172 Å². The van der Waals surface area contributed by atoms with Crippen molar-refractivity contribution in [3.8, 4) is 0 Å². The van der Waals surface area contributed by atoms with E-state index in [4.69, 9.17) is 0 Å². The second kappa shape index (κ2) is 12.1. The molecule has 5 rings (SSSR count). The first-order chi connectivity index (χ1) is 19.4. The van der Waals surface area contributed by atoms with Crippen molar-refractivity contribution in [3.63, 3.8) is 0 Å². The summed E-state index contributed by atoms with van der Waals surface area (Å²) in [5, 5.41) is 0. The van der Waals surface area contributed by atoms with Crippen LogP contribution in [-0.4, -0.2) is 0 Å². The molecule has 0 N–H and O–H groups in total. The first kappa shape index (κ1) is 31.9. The predicted octanol–water partition coefficient (Wildman–Crippen LogP) is 13.0. The third kappa shape index (κ3) is 5.49. The van der Waals surface area contributed by atoms with Crippen LogP contribution in [0.4, 0.5) is 0 Å². The third-order valence-electron chi connectivity index (χ3n) is 15.6. The molecule has 41 heavy (non-hydrogen) atoms. The molecule has 0 aromatic heterocycles. The molecule has 0 heteroatoms. The van der Waals surface area contributed by atoms with Gasteiger partial charge in [0.25, 0.3) is 0 Å². The van der Waals surface area contributed by atoms with Crippen LogP contribution in [0.15, 0.2) is 24.3 Å². The number of allylic oxidation sites excluding steroid dienone is 2. The van der Waals surface area contributed by atoms with Gasteiger partial charge in [-0.15, -0.1) is 0 Å². The van der Waals surface area contributed by atoms with Crippen LogP contribution in [0, 0.1) is 63.1 Å². The van der Waals surface area contributed by atoms with Crippen molar-refractivity contribution in [1.82, 2.24) is 0 Å². The first-order valence-electron chi connectivity index (χ1n) is 18.8. The second-order valence-electron chi connectivity index (χ2n) is 17.9. The summed E-state index contributed by atoms with van der Waals surface area (Å²) >= 11 is 0. The highest BCUT2D eigenvalue weighted by Crippen LogP contribution is 2.74. The Kier molecular flexibility index (Phi) is 9.42. The molecule has 10 atom stereocenters. The highest BCUT2D eigenvalue weighted by molar-refractivity contribution is 5.16. The summed E-state index contributed by atoms with van der Waals surface area (Å²) in [7, 11) is 0. The summed E-state index contributed by atoms with van der Waals surface area (Å²) < 4.78 is 0. The van der Waals surface area contributed by atoms with E-state index in [9.17, 15) is 0 Å². The van der Waals surface area contributed by atoms with E-state index >= 15 is 0 Å². The minimum Gasteiger partial charge on any atom is -0.0999 e. The van der Waals surface area contributed by atoms with Gasteiger partial charge >= 0.3 is 0 Å². The summed E-state index contributed by atoms with van der Waals surface area (Å²) in [5.74, 6) is 6.58. The zero-order chi connectivity index (χ0) is 29.6. The zero-order valence-corrected chi connectivity index (χ0v) is 28.9.